The topological polar surface area (TPSA) is 55.2 Å². The van der Waals surface area contributed by atoms with Crippen LogP contribution in [0.5, 0.6) is 0 Å². The average molecular weight is 436 g/mol. The molecule has 4 rings (SSSR count). The summed E-state index contributed by atoms with van der Waals surface area (Å²) in [6, 6.07) is 15.5. The van der Waals surface area contributed by atoms with E-state index in [1.165, 1.54) is 0 Å². The highest BCUT2D eigenvalue weighted by atomic mass is 35.5. The molecule has 0 aliphatic carbocycles. The van der Waals surface area contributed by atoms with Gasteiger partial charge in [0.1, 0.15) is 5.15 Å². The third kappa shape index (κ3) is 4.15. The van der Waals surface area contributed by atoms with Crippen LogP contribution in [0.15, 0.2) is 48.5 Å². The molecule has 0 bridgehead atoms. The molecule has 160 valence electrons. The lowest BCUT2D eigenvalue weighted by Gasteiger charge is -2.31. The number of benzene rings is 2. The number of Topliss-reactive ketones (excluding diaryl/α,β-unsaturated/α-hetero) is 1. The molecule has 1 aromatic heterocycles. The number of amides is 1. The first-order valence-electron chi connectivity index (χ1n) is 10.6. The minimum absolute atomic E-state index is 0.0610. The number of aromatic nitrogens is 2. The Morgan fingerprint density at radius 2 is 1.68 bits per heavy atom. The van der Waals surface area contributed by atoms with E-state index >= 15 is 0 Å². The van der Waals surface area contributed by atoms with Gasteiger partial charge in [0.05, 0.1) is 16.9 Å². The van der Waals surface area contributed by atoms with Crippen LogP contribution < -0.4 is 0 Å². The second-order valence-electron chi connectivity index (χ2n) is 8.25. The van der Waals surface area contributed by atoms with Crippen LogP contribution in [-0.2, 0) is 0 Å². The molecule has 31 heavy (non-hydrogen) atoms. The van der Waals surface area contributed by atoms with Crippen molar-refractivity contribution in [3.05, 3.63) is 81.6 Å². The first-order chi connectivity index (χ1) is 14.9. The van der Waals surface area contributed by atoms with Gasteiger partial charge in [-0.3, -0.25) is 9.59 Å². The Balaban J connectivity index is 1.48. The fraction of sp³-hybridized carbons (Fsp3) is 0.320. The van der Waals surface area contributed by atoms with Crippen LogP contribution in [-0.4, -0.2) is 39.5 Å². The first kappa shape index (κ1) is 21.3. The molecule has 0 N–H and O–H groups in total. The van der Waals surface area contributed by atoms with Gasteiger partial charge < -0.3 is 4.90 Å². The molecule has 1 fully saturated rings. The van der Waals surface area contributed by atoms with Crippen LogP contribution in [0.1, 0.15) is 50.4 Å². The molecule has 2 aromatic carbocycles. The van der Waals surface area contributed by atoms with Crippen molar-refractivity contribution in [3.63, 3.8) is 0 Å². The summed E-state index contributed by atoms with van der Waals surface area (Å²) in [6.45, 7) is 6.88. The number of carbonyl (C=O) groups excluding carboxylic acids is 2. The number of piperidine rings is 1. The normalized spacial score (nSPS) is 14.6. The zero-order valence-electron chi connectivity index (χ0n) is 18.1. The molecule has 0 unspecified atom stereocenters. The van der Waals surface area contributed by atoms with Crippen molar-refractivity contribution < 1.29 is 9.59 Å². The minimum Gasteiger partial charge on any atom is -0.338 e. The van der Waals surface area contributed by atoms with Gasteiger partial charge in [0, 0.05) is 24.6 Å². The smallest absolute Gasteiger partial charge is 0.258 e. The number of hydrogen-bond acceptors (Lipinski definition) is 3. The number of nitrogens with zero attached hydrogens (tertiary/aromatic N) is 3. The van der Waals surface area contributed by atoms with Gasteiger partial charge in [0.25, 0.3) is 5.91 Å². The molecule has 1 aliphatic rings. The van der Waals surface area contributed by atoms with E-state index < -0.39 is 0 Å². The molecule has 0 saturated carbocycles. The van der Waals surface area contributed by atoms with Crippen molar-refractivity contribution in [3.8, 4) is 5.69 Å². The van der Waals surface area contributed by atoms with E-state index in [0.717, 1.165) is 22.4 Å². The van der Waals surface area contributed by atoms with Crippen LogP contribution in [0, 0.1) is 26.7 Å². The fourth-order valence-corrected chi connectivity index (χ4v) is 4.65. The molecule has 0 radical (unpaired) electrons. The van der Waals surface area contributed by atoms with Gasteiger partial charge in [0.2, 0.25) is 0 Å². The number of aryl methyl sites for hydroxylation is 3. The Morgan fingerprint density at radius 1 is 1.00 bits per heavy atom. The van der Waals surface area contributed by atoms with Crippen LogP contribution in [0.3, 0.4) is 0 Å². The molecule has 1 aliphatic heterocycles. The molecular weight excluding hydrogens is 410 g/mol. The molecular formula is C25H26ClN3O2. The summed E-state index contributed by atoms with van der Waals surface area (Å²) in [4.78, 5) is 28.0. The lowest BCUT2D eigenvalue weighted by Crippen LogP contribution is -2.40. The number of likely N-dealkylation sites (tertiary alicyclic amines) is 1. The van der Waals surface area contributed by atoms with E-state index in [-0.39, 0.29) is 17.6 Å². The Bertz CT molecular complexity index is 1130. The molecule has 1 saturated heterocycles. The molecule has 6 heteroatoms. The lowest BCUT2D eigenvalue weighted by atomic mass is 9.87. The minimum atomic E-state index is -0.123. The van der Waals surface area contributed by atoms with Gasteiger partial charge in [-0.1, -0.05) is 53.6 Å². The van der Waals surface area contributed by atoms with Gasteiger partial charge in [0.15, 0.2) is 5.78 Å². The van der Waals surface area contributed by atoms with Gasteiger partial charge in [-0.05, 0) is 51.3 Å². The maximum Gasteiger partial charge on any atom is 0.258 e. The van der Waals surface area contributed by atoms with E-state index in [1.807, 2.05) is 62.4 Å². The van der Waals surface area contributed by atoms with Gasteiger partial charge in [-0.2, -0.15) is 5.10 Å². The molecule has 1 amide bonds. The number of para-hydroxylation sites is 1. The predicted octanol–water partition coefficient (Wildman–Crippen LogP) is 5.19. The van der Waals surface area contributed by atoms with Crippen LogP contribution in [0.2, 0.25) is 5.15 Å². The van der Waals surface area contributed by atoms with Crippen molar-refractivity contribution in [1.82, 2.24) is 14.7 Å². The zero-order chi connectivity index (χ0) is 22.1. The predicted molar refractivity (Wildman–Crippen MR) is 122 cm³/mol. The highest BCUT2D eigenvalue weighted by Gasteiger charge is 2.31. The van der Waals surface area contributed by atoms with E-state index in [9.17, 15) is 9.59 Å². The zero-order valence-corrected chi connectivity index (χ0v) is 18.8. The number of carbonyl (C=O) groups is 2. The lowest BCUT2D eigenvalue weighted by molar-refractivity contribution is 0.0649. The van der Waals surface area contributed by atoms with Gasteiger partial charge in [-0.15, -0.1) is 0 Å². The van der Waals surface area contributed by atoms with Crippen molar-refractivity contribution in [2.45, 2.75) is 33.6 Å². The summed E-state index contributed by atoms with van der Waals surface area (Å²) in [5.41, 5.74) is 4.81. The molecule has 5 nitrogen and oxygen atoms in total. The second kappa shape index (κ2) is 8.67. The van der Waals surface area contributed by atoms with Crippen LogP contribution >= 0.6 is 11.6 Å². The number of ketones is 1. The summed E-state index contributed by atoms with van der Waals surface area (Å²) < 4.78 is 1.60. The highest BCUT2D eigenvalue weighted by molar-refractivity contribution is 6.33. The SMILES string of the molecule is Cc1ccc(C(=O)C2CCN(C(=O)c3c(C)nn(-c4ccccc4)c3Cl)CC2)c(C)c1. The maximum atomic E-state index is 13.2. The van der Waals surface area contributed by atoms with Gasteiger partial charge in [-0.25, -0.2) is 4.68 Å². The molecule has 0 spiro atoms. The van der Waals surface area contributed by atoms with Crippen molar-refractivity contribution in [2.75, 3.05) is 13.1 Å². The van der Waals surface area contributed by atoms with Crippen molar-refractivity contribution >= 4 is 23.3 Å². The fourth-order valence-electron chi connectivity index (χ4n) is 4.30. The molecule has 2 heterocycles. The third-order valence-electron chi connectivity index (χ3n) is 6.02. The standard InChI is InChI=1S/C25H26ClN3O2/c1-16-9-10-21(17(2)15-16)23(30)19-11-13-28(14-12-19)25(31)22-18(3)27-29(24(22)26)20-7-5-4-6-8-20/h4-10,15,19H,11-14H2,1-3H3. The number of rotatable bonds is 4. The number of hydrogen-bond donors (Lipinski definition) is 0. The van der Waals surface area contributed by atoms with Crippen LogP contribution in [0.25, 0.3) is 5.69 Å². The first-order valence-corrected chi connectivity index (χ1v) is 11.0. The average Bonchev–Trinajstić information content (AvgIpc) is 3.07. The van der Waals surface area contributed by atoms with Gasteiger partial charge >= 0.3 is 0 Å². The van der Waals surface area contributed by atoms with E-state index in [1.54, 1.807) is 16.5 Å². The van der Waals surface area contributed by atoms with E-state index in [2.05, 4.69) is 5.10 Å². The quantitative estimate of drug-likeness (QED) is 0.530. The second-order valence-corrected chi connectivity index (χ2v) is 8.61. The Morgan fingerprint density at radius 3 is 2.32 bits per heavy atom. The summed E-state index contributed by atoms with van der Waals surface area (Å²) in [5.74, 6) is -0.00753. The Hall–Kier alpha value is -2.92. The van der Waals surface area contributed by atoms with E-state index in [4.69, 9.17) is 11.6 Å². The largest absolute Gasteiger partial charge is 0.338 e. The summed E-state index contributed by atoms with van der Waals surface area (Å²) in [5, 5.41) is 4.80. The monoisotopic (exact) mass is 435 g/mol. The van der Waals surface area contributed by atoms with Crippen LogP contribution in [0.4, 0.5) is 0 Å². The Labute approximate surface area is 187 Å². The van der Waals surface area contributed by atoms with E-state index in [0.29, 0.717) is 42.3 Å². The van der Waals surface area contributed by atoms with Crippen molar-refractivity contribution in [2.24, 2.45) is 5.92 Å². The molecule has 3 aromatic rings. The Kier molecular flexibility index (Phi) is 5.96. The maximum absolute atomic E-state index is 13.2. The molecule has 0 atom stereocenters. The highest BCUT2D eigenvalue weighted by Crippen LogP contribution is 2.28. The van der Waals surface area contributed by atoms with Crippen molar-refractivity contribution in [1.29, 1.82) is 0 Å². The summed E-state index contributed by atoms with van der Waals surface area (Å²) >= 11 is 6.57. The summed E-state index contributed by atoms with van der Waals surface area (Å²) in [6.07, 6.45) is 1.31. The summed E-state index contributed by atoms with van der Waals surface area (Å²) in [7, 11) is 0. The number of halogens is 1. The third-order valence-corrected chi connectivity index (χ3v) is 6.37.